The molecule has 0 N–H and O–H groups in total. The third kappa shape index (κ3) is 1.49. The zero-order valence-electron chi connectivity index (χ0n) is 10.1. The Bertz CT molecular complexity index is 562. The molecule has 0 atom stereocenters. The van der Waals surface area contributed by atoms with E-state index >= 15 is 0 Å². The molecule has 3 heterocycles. The topological polar surface area (TPSA) is 20.5 Å². The molecule has 0 spiro atoms. The van der Waals surface area contributed by atoms with Gasteiger partial charge in [-0.3, -0.25) is 0 Å². The van der Waals surface area contributed by atoms with Gasteiger partial charge in [0.1, 0.15) is 5.65 Å². The number of pyridine rings is 1. The highest BCUT2D eigenvalue weighted by Crippen LogP contribution is 2.41. The molecule has 4 rings (SSSR count). The number of likely N-dealkylation sites (N-methyl/N-ethyl adjacent to an activating group) is 1. The van der Waals surface area contributed by atoms with E-state index in [-0.39, 0.29) is 0 Å². The minimum Gasteiger partial charge on any atom is -0.307 e. The fourth-order valence-electron chi connectivity index (χ4n) is 2.92. The second-order valence-corrected chi connectivity index (χ2v) is 5.58. The van der Waals surface area contributed by atoms with Crippen LogP contribution in [0.1, 0.15) is 35.8 Å². The van der Waals surface area contributed by atoms with Crippen LogP contribution in [0, 0.1) is 0 Å². The summed E-state index contributed by atoms with van der Waals surface area (Å²) in [6.45, 7) is 2.35. The van der Waals surface area contributed by atoms with Crippen LogP contribution in [0.25, 0.3) is 5.65 Å². The molecule has 0 amide bonds. The largest absolute Gasteiger partial charge is 0.307 e. The number of nitrogens with zero attached hydrogens (tertiary/aromatic N) is 3. The number of imidazole rings is 1. The molecular formula is C14H17N3. The lowest BCUT2D eigenvalue weighted by Crippen LogP contribution is -2.41. The molecule has 0 bridgehead atoms. The van der Waals surface area contributed by atoms with Gasteiger partial charge in [-0.15, -0.1) is 0 Å². The zero-order valence-corrected chi connectivity index (χ0v) is 10.1. The van der Waals surface area contributed by atoms with Gasteiger partial charge in [-0.1, -0.05) is 0 Å². The van der Waals surface area contributed by atoms with Crippen LogP contribution in [0.3, 0.4) is 0 Å². The number of fused-ring (bicyclic) bond motifs is 1. The molecule has 1 aliphatic heterocycles. The average molecular weight is 227 g/mol. The van der Waals surface area contributed by atoms with Crippen molar-refractivity contribution in [3.63, 3.8) is 0 Å². The molecule has 2 aromatic rings. The molecule has 2 aromatic heterocycles. The van der Waals surface area contributed by atoms with Crippen LogP contribution in [-0.2, 0) is 0 Å². The normalized spacial score (nSPS) is 21.9. The second-order valence-electron chi connectivity index (χ2n) is 5.58. The maximum absolute atomic E-state index is 4.51. The summed E-state index contributed by atoms with van der Waals surface area (Å²) in [6, 6.07) is 2.41. The molecule has 0 unspecified atom stereocenters. The van der Waals surface area contributed by atoms with Crippen molar-refractivity contribution < 1.29 is 0 Å². The lowest BCUT2D eigenvalue weighted by molar-refractivity contribution is 0.190. The molecule has 2 aliphatic rings. The van der Waals surface area contributed by atoms with E-state index in [1.807, 2.05) is 6.20 Å². The molecule has 88 valence electrons. The SMILES string of the molecule is CN1CC(c2cc(C3CC3)cn3ccnc23)C1. The lowest BCUT2D eigenvalue weighted by atomic mass is 9.91. The van der Waals surface area contributed by atoms with Crippen molar-refractivity contribution in [1.82, 2.24) is 14.3 Å². The number of hydrogen-bond donors (Lipinski definition) is 0. The van der Waals surface area contributed by atoms with Crippen molar-refractivity contribution in [3.05, 3.63) is 35.8 Å². The predicted octanol–water partition coefficient (Wildman–Crippen LogP) is 2.24. The fourth-order valence-corrected chi connectivity index (χ4v) is 2.92. The Morgan fingerprint density at radius 1 is 1.24 bits per heavy atom. The van der Waals surface area contributed by atoms with Gasteiger partial charge in [0, 0.05) is 43.2 Å². The van der Waals surface area contributed by atoms with Gasteiger partial charge >= 0.3 is 0 Å². The van der Waals surface area contributed by atoms with Gasteiger partial charge in [0.2, 0.25) is 0 Å². The molecule has 0 radical (unpaired) electrons. The quantitative estimate of drug-likeness (QED) is 0.784. The fraction of sp³-hybridized carbons (Fsp3) is 0.500. The van der Waals surface area contributed by atoms with Gasteiger partial charge in [0.25, 0.3) is 0 Å². The molecule has 3 nitrogen and oxygen atoms in total. The van der Waals surface area contributed by atoms with Crippen LogP contribution >= 0.6 is 0 Å². The smallest absolute Gasteiger partial charge is 0.140 e. The van der Waals surface area contributed by atoms with Crippen molar-refractivity contribution >= 4 is 5.65 Å². The van der Waals surface area contributed by atoms with Crippen LogP contribution in [0.15, 0.2) is 24.7 Å². The zero-order chi connectivity index (χ0) is 11.4. The molecule has 1 saturated heterocycles. The molecule has 3 heteroatoms. The highest BCUT2D eigenvalue weighted by Gasteiger charge is 2.30. The Kier molecular flexibility index (Phi) is 1.89. The summed E-state index contributed by atoms with van der Waals surface area (Å²) in [7, 11) is 2.18. The van der Waals surface area contributed by atoms with E-state index in [1.54, 1.807) is 0 Å². The average Bonchev–Trinajstić information content (AvgIpc) is 3.02. The lowest BCUT2D eigenvalue weighted by Gasteiger charge is -2.36. The van der Waals surface area contributed by atoms with Gasteiger partial charge in [-0.05, 0) is 37.4 Å². The maximum atomic E-state index is 4.51. The Hall–Kier alpha value is -1.35. The Morgan fingerprint density at radius 3 is 2.76 bits per heavy atom. The van der Waals surface area contributed by atoms with Crippen LogP contribution in [0.2, 0.25) is 0 Å². The minimum atomic E-state index is 0.684. The number of aromatic nitrogens is 2. The molecule has 2 fully saturated rings. The van der Waals surface area contributed by atoms with E-state index in [2.05, 4.69) is 39.8 Å². The van der Waals surface area contributed by atoms with Crippen LogP contribution in [0.5, 0.6) is 0 Å². The van der Waals surface area contributed by atoms with Crippen molar-refractivity contribution in [3.8, 4) is 0 Å². The van der Waals surface area contributed by atoms with E-state index in [4.69, 9.17) is 0 Å². The van der Waals surface area contributed by atoms with Crippen molar-refractivity contribution in [2.45, 2.75) is 24.7 Å². The third-order valence-corrected chi connectivity index (χ3v) is 4.09. The minimum absolute atomic E-state index is 0.684. The van der Waals surface area contributed by atoms with Gasteiger partial charge in [0.05, 0.1) is 0 Å². The maximum Gasteiger partial charge on any atom is 0.140 e. The number of hydrogen-bond acceptors (Lipinski definition) is 2. The first-order valence-corrected chi connectivity index (χ1v) is 6.46. The summed E-state index contributed by atoms with van der Waals surface area (Å²) < 4.78 is 2.21. The van der Waals surface area contributed by atoms with Crippen molar-refractivity contribution in [1.29, 1.82) is 0 Å². The molecular weight excluding hydrogens is 210 g/mol. The van der Waals surface area contributed by atoms with Crippen molar-refractivity contribution in [2.75, 3.05) is 20.1 Å². The number of rotatable bonds is 2. The van der Waals surface area contributed by atoms with Gasteiger partial charge in [-0.2, -0.15) is 0 Å². The van der Waals surface area contributed by atoms with E-state index in [0.717, 1.165) is 11.6 Å². The summed E-state index contributed by atoms with van der Waals surface area (Å²) in [4.78, 5) is 6.88. The van der Waals surface area contributed by atoms with Crippen LogP contribution in [0.4, 0.5) is 0 Å². The van der Waals surface area contributed by atoms with E-state index in [9.17, 15) is 0 Å². The van der Waals surface area contributed by atoms with Gasteiger partial charge < -0.3 is 9.30 Å². The van der Waals surface area contributed by atoms with Crippen LogP contribution < -0.4 is 0 Å². The summed E-state index contributed by atoms with van der Waals surface area (Å²) in [5.41, 5.74) is 4.13. The first kappa shape index (κ1) is 9.66. The summed E-state index contributed by atoms with van der Waals surface area (Å²) >= 11 is 0. The van der Waals surface area contributed by atoms with Gasteiger partial charge in [-0.25, -0.2) is 4.98 Å². The summed E-state index contributed by atoms with van der Waals surface area (Å²) in [5.74, 6) is 1.50. The molecule has 0 aromatic carbocycles. The van der Waals surface area contributed by atoms with Crippen molar-refractivity contribution in [2.24, 2.45) is 0 Å². The van der Waals surface area contributed by atoms with Gasteiger partial charge in [0.15, 0.2) is 0 Å². The Balaban J connectivity index is 1.84. The molecule has 1 aliphatic carbocycles. The van der Waals surface area contributed by atoms with E-state index in [1.165, 1.54) is 37.1 Å². The van der Waals surface area contributed by atoms with E-state index < -0.39 is 0 Å². The van der Waals surface area contributed by atoms with Crippen LogP contribution in [-0.4, -0.2) is 34.4 Å². The summed E-state index contributed by atoms with van der Waals surface area (Å²) in [6.07, 6.45) is 8.99. The highest BCUT2D eigenvalue weighted by molar-refractivity contribution is 5.53. The molecule has 1 saturated carbocycles. The standard InChI is InChI=1S/C14H17N3/c1-16-7-12(8-16)13-6-11(10-2-3-10)9-17-5-4-15-14(13)17/h4-6,9-10,12H,2-3,7-8H2,1H3. The summed E-state index contributed by atoms with van der Waals surface area (Å²) in [5, 5.41) is 0. The second kappa shape index (κ2) is 3.33. The third-order valence-electron chi connectivity index (χ3n) is 4.09. The first-order valence-electron chi connectivity index (χ1n) is 6.46. The first-order chi connectivity index (χ1) is 8.31. The van der Waals surface area contributed by atoms with E-state index in [0.29, 0.717) is 5.92 Å². The Morgan fingerprint density at radius 2 is 2.06 bits per heavy atom. The highest BCUT2D eigenvalue weighted by atomic mass is 15.2. The molecule has 17 heavy (non-hydrogen) atoms. The number of likely N-dealkylation sites (tertiary alicyclic amines) is 1. The monoisotopic (exact) mass is 227 g/mol. The Labute approximate surface area is 101 Å². The predicted molar refractivity (Wildman–Crippen MR) is 67.4 cm³/mol.